The quantitative estimate of drug-likeness (QED) is 0.846. The van der Waals surface area contributed by atoms with Crippen LogP contribution in [-0.4, -0.2) is 4.98 Å². The van der Waals surface area contributed by atoms with Gasteiger partial charge in [-0.3, -0.25) is 0 Å². The number of ether oxygens (including phenoxy) is 1. The Morgan fingerprint density at radius 3 is 2.52 bits per heavy atom. The molecule has 0 atom stereocenters. The van der Waals surface area contributed by atoms with E-state index in [1.54, 1.807) is 30.3 Å². The van der Waals surface area contributed by atoms with Gasteiger partial charge in [-0.25, -0.2) is 4.98 Å². The van der Waals surface area contributed by atoms with Crippen LogP contribution in [0.1, 0.15) is 23.7 Å². The molecule has 0 amide bonds. The van der Waals surface area contributed by atoms with Gasteiger partial charge in [-0.2, -0.15) is 18.4 Å². The van der Waals surface area contributed by atoms with Crippen molar-refractivity contribution in [3.8, 4) is 17.7 Å². The molecule has 1 aromatic heterocycles. The van der Waals surface area contributed by atoms with Gasteiger partial charge in [-0.05, 0) is 30.2 Å². The molecule has 1 heterocycles. The Kier molecular flexibility index (Phi) is 4.13. The SMILES string of the molecule is CCc1ccccc1Oc1nc(C(F)(F)F)ccc1C#N. The first kappa shape index (κ1) is 14.9. The van der Waals surface area contributed by atoms with Crippen molar-refractivity contribution in [1.29, 1.82) is 5.26 Å². The molecule has 0 saturated carbocycles. The summed E-state index contributed by atoms with van der Waals surface area (Å²) in [4.78, 5) is 3.42. The van der Waals surface area contributed by atoms with Gasteiger partial charge in [-0.1, -0.05) is 25.1 Å². The van der Waals surface area contributed by atoms with Crippen LogP contribution in [-0.2, 0) is 12.6 Å². The molecule has 6 heteroatoms. The summed E-state index contributed by atoms with van der Waals surface area (Å²) in [5.41, 5.74) is -0.319. The molecule has 108 valence electrons. The molecule has 3 nitrogen and oxygen atoms in total. The Balaban J connectivity index is 2.45. The lowest BCUT2D eigenvalue weighted by atomic mass is 10.1. The molecule has 1 aromatic carbocycles. The van der Waals surface area contributed by atoms with Crippen molar-refractivity contribution in [2.45, 2.75) is 19.5 Å². The van der Waals surface area contributed by atoms with Crippen molar-refractivity contribution in [3.05, 3.63) is 53.2 Å². The summed E-state index contributed by atoms with van der Waals surface area (Å²) >= 11 is 0. The molecule has 2 rings (SSSR count). The van der Waals surface area contributed by atoms with E-state index in [1.807, 2.05) is 6.92 Å². The monoisotopic (exact) mass is 292 g/mol. The van der Waals surface area contributed by atoms with E-state index in [1.165, 1.54) is 0 Å². The van der Waals surface area contributed by atoms with Crippen molar-refractivity contribution in [2.75, 3.05) is 0 Å². The summed E-state index contributed by atoms with van der Waals surface area (Å²) in [7, 11) is 0. The van der Waals surface area contributed by atoms with Gasteiger partial charge in [0.25, 0.3) is 0 Å². The van der Waals surface area contributed by atoms with Gasteiger partial charge in [0.05, 0.1) is 0 Å². The Labute approximate surface area is 119 Å². The van der Waals surface area contributed by atoms with Crippen molar-refractivity contribution in [3.63, 3.8) is 0 Å². The predicted octanol–water partition coefficient (Wildman–Crippen LogP) is 4.33. The lowest BCUT2D eigenvalue weighted by Gasteiger charge is -2.12. The Morgan fingerprint density at radius 2 is 1.90 bits per heavy atom. The topological polar surface area (TPSA) is 45.9 Å². The lowest BCUT2D eigenvalue weighted by Crippen LogP contribution is -2.09. The predicted molar refractivity (Wildman–Crippen MR) is 69.8 cm³/mol. The van der Waals surface area contributed by atoms with Crippen molar-refractivity contribution in [1.82, 2.24) is 4.98 Å². The van der Waals surface area contributed by atoms with E-state index in [4.69, 9.17) is 10.00 Å². The maximum absolute atomic E-state index is 12.7. The van der Waals surface area contributed by atoms with Crippen molar-refractivity contribution in [2.24, 2.45) is 0 Å². The Bertz CT molecular complexity index is 690. The number of aromatic nitrogens is 1. The third-order valence-electron chi connectivity index (χ3n) is 2.83. The average molecular weight is 292 g/mol. The molecular weight excluding hydrogens is 281 g/mol. The molecule has 0 bridgehead atoms. The van der Waals surface area contributed by atoms with Crippen LogP contribution >= 0.6 is 0 Å². The number of pyridine rings is 1. The zero-order valence-corrected chi connectivity index (χ0v) is 11.1. The zero-order valence-electron chi connectivity index (χ0n) is 11.1. The van der Waals surface area contributed by atoms with E-state index in [2.05, 4.69) is 4.98 Å². The number of hydrogen-bond donors (Lipinski definition) is 0. The van der Waals surface area contributed by atoms with Crippen LogP contribution in [0.2, 0.25) is 0 Å². The van der Waals surface area contributed by atoms with Gasteiger partial charge in [-0.15, -0.1) is 0 Å². The summed E-state index contributed by atoms with van der Waals surface area (Å²) in [6, 6.07) is 10.5. The largest absolute Gasteiger partial charge is 0.437 e. The maximum Gasteiger partial charge on any atom is 0.433 e. The summed E-state index contributed by atoms with van der Waals surface area (Å²) in [6.45, 7) is 1.90. The number of nitrogens with zero attached hydrogens (tertiary/aromatic N) is 2. The second-order valence-corrected chi connectivity index (χ2v) is 4.22. The molecule has 2 aromatic rings. The van der Waals surface area contributed by atoms with Crippen LogP contribution in [0.4, 0.5) is 13.2 Å². The maximum atomic E-state index is 12.7. The van der Waals surface area contributed by atoms with Gasteiger partial charge >= 0.3 is 6.18 Å². The van der Waals surface area contributed by atoms with Crippen LogP contribution in [0.5, 0.6) is 11.6 Å². The number of halogens is 3. The number of para-hydroxylation sites is 1. The van der Waals surface area contributed by atoms with Crippen molar-refractivity contribution >= 4 is 0 Å². The number of nitriles is 1. The number of aryl methyl sites for hydroxylation is 1. The molecule has 0 unspecified atom stereocenters. The van der Waals surface area contributed by atoms with Crippen LogP contribution in [0.3, 0.4) is 0 Å². The smallest absolute Gasteiger partial charge is 0.433 e. The van der Waals surface area contributed by atoms with Crippen molar-refractivity contribution < 1.29 is 17.9 Å². The fourth-order valence-corrected chi connectivity index (χ4v) is 1.76. The standard InChI is InChI=1S/C15H11F3N2O/c1-2-10-5-3-4-6-12(10)21-14-11(9-19)7-8-13(20-14)15(16,17)18/h3-8H,2H2,1H3. The lowest BCUT2D eigenvalue weighted by molar-refractivity contribution is -0.141. The third kappa shape index (κ3) is 3.31. The molecule has 0 saturated heterocycles. The third-order valence-corrected chi connectivity index (χ3v) is 2.83. The van der Waals surface area contributed by atoms with Gasteiger partial charge in [0.2, 0.25) is 5.88 Å². The average Bonchev–Trinajstić information content (AvgIpc) is 2.47. The minimum absolute atomic E-state index is 0.0473. The van der Waals surface area contributed by atoms with Gasteiger partial charge in [0.1, 0.15) is 23.1 Å². The molecule has 0 aliphatic carbocycles. The zero-order chi connectivity index (χ0) is 15.5. The highest BCUT2D eigenvalue weighted by molar-refractivity contribution is 5.43. The molecular formula is C15H11F3N2O. The highest BCUT2D eigenvalue weighted by atomic mass is 19.4. The second-order valence-electron chi connectivity index (χ2n) is 4.22. The summed E-state index contributed by atoms with van der Waals surface area (Å²) in [6.07, 6.45) is -3.94. The number of alkyl halides is 3. The van der Waals surface area contributed by atoms with E-state index in [0.29, 0.717) is 12.2 Å². The highest BCUT2D eigenvalue weighted by Gasteiger charge is 2.33. The van der Waals surface area contributed by atoms with Gasteiger partial charge < -0.3 is 4.74 Å². The molecule has 21 heavy (non-hydrogen) atoms. The first-order valence-corrected chi connectivity index (χ1v) is 6.19. The summed E-state index contributed by atoms with van der Waals surface area (Å²) in [5.74, 6) is 0.0524. The molecule has 0 fully saturated rings. The number of rotatable bonds is 3. The highest BCUT2D eigenvalue weighted by Crippen LogP contribution is 2.32. The van der Waals surface area contributed by atoms with E-state index >= 15 is 0 Å². The van der Waals surface area contributed by atoms with Crippen LogP contribution in [0.15, 0.2) is 36.4 Å². The van der Waals surface area contributed by atoms with Crippen LogP contribution in [0.25, 0.3) is 0 Å². The molecule has 0 spiro atoms. The number of benzene rings is 1. The van der Waals surface area contributed by atoms with Crippen LogP contribution in [0, 0.1) is 11.3 Å². The fraction of sp³-hybridized carbons (Fsp3) is 0.200. The van der Waals surface area contributed by atoms with Crippen LogP contribution < -0.4 is 4.74 Å². The second kappa shape index (κ2) is 5.83. The van der Waals surface area contributed by atoms with E-state index < -0.39 is 11.9 Å². The normalized spacial score (nSPS) is 11.0. The summed E-state index contributed by atoms with van der Waals surface area (Å²) in [5, 5.41) is 8.97. The van der Waals surface area contributed by atoms with E-state index in [9.17, 15) is 13.2 Å². The molecule has 0 aliphatic heterocycles. The molecule has 0 radical (unpaired) electrons. The van der Waals surface area contributed by atoms with Gasteiger partial charge in [0, 0.05) is 0 Å². The minimum Gasteiger partial charge on any atom is -0.437 e. The first-order valence-electron chi connectivity index (χ1n) is 6.19. The first-order chi connectivity index (χ1) is 9.95. The summed E-state index contributed by atoms with van der Waals surface area (Å²) < 4.78 is 43.5. The Hall–Kier alpha value is -2.55. The van der Waals surface area contributed by atoms with Gasteiger partial charge in [0.15, 0.2) is 0 Å². The minimum atomic E-state index is -4.59. The fourth-order valence-electron chi connectivity index (χ4n) is 1.76. The van der Waals surface area contributed by atoms with E-state index in [0.717, 1.165) is 17.7 Å². The Morgan fingerprint density at radius 1 is 1.19 bits per heavy atom. The van der Waals surface area contributed by atoms with E-state index in [-0.39, 0.29) is 11.4 Å². The number of hydrogen-bond acceptors (Lipinski definition) is 3. The molecule has 0 N–H and O–H groups in total. The molecule has 0 aliphatic rings.